The normalized spacial score (nSPS) is 25.6. The number of benzene rings is 3. The maximum absolute atomic E-state index is 6.49. The van der Waals surface area contributed by atoms with Crippen LogP contribution in [0, 0.1) is 6.92 Å². The second-order valence-corrected chi connectivity index (χ2v) is 9.67. The zero-order valence-corrected chi connectivity index (χ0v) is 18.3. The molecule has 1 heterocycles. The number of nitrogens with zero attached hydrogens (tertiary/aromatic N) is 1. The van der Waals surface area contributed by atoms with Gasteiger partial charge < -0.3 is 4.90 Å². The van der Waals surface area contributed by atoms with Crippen molar-refractivity contribution in [2.45, 2.75) is 57.4 Å². The van der Waals surface area contributed by atoms with Crippen molar-refractivity contribution < 1.29 is 0 Å². The van der Waals surface area contributed by atoms with Crippen LogP contribution in [-0.2, 0) is 5.41 Å². The Morgan fingerprint density at radius 1 is 0.828 bits per heavy atom. The van der Waals surface area contributed by atoms with Crippen LogP contribution in [0.4, 0.5) is 11.4 Å². The SMILES string of the molecule is Cc1cc(Cl)cc(N2c3ccc(-c4ccccc4)cc3C3(C)CCCCC23C)c1. The van der Waals surface area contributed by atoms with E-state index in [2.05, 4.69) is 86.3 Å². The Labute approximate surface area is 179 Å². The van der Waals surface area contributed by atoms with Gasteiger partial charge in [-0.2, -0.15) is 0 Å². The molecule has 0 bridgehead atoms. The standard InChI is InChI=1S/C27H28ClN/c1-19-15-22(28)18-23(16-19)29-25-12-11-21(20-9-5-4-6-10-20)17-24(25)26(2)13-7-8-14-27(26,29)3/h4-6,9-12,15-18H,7-8,13-14H2,1-3H3. The summed E-state index contributed by atoms with van der Waals surface area (Å²) < 4.78 is 0. The molecule has 0 saturated heterocycles. The fraction of sp³-hybridized carbons (Fsp3) is 0.333. The molecule has 0 radical (unpaired) electrons. The predicted octanol–water partition coefficient (Wildman–Crippen LogP) is 8.06. The molecule has 5 rings (SSSR count). The first-order valence-electron chi connectivity index (χ1n) is 10.7. The van der Waals surface area contributed by atoms with Crippen molar-refractivity contribution in [2.24, 2.45) is 0 Å². The van der Waals surface area contributed by atoms with Gasteiger partial charge in [0.25, 0.3) is 0 Å². The van der Waals surface area contributed by atoms with Gasteiger partial charge in [0.15, 0.2) is 0 Å². The zero-order valence-electron chi connectivity index (χ0n) is 17.5. The highest BCUT2D eigenvalue weighted by molar-refractivity contribution is 6.31. The van der Waals surface area contributed by atoms with Crippen molar-refractivity contribution >= 4 is 23.0 Å². The third-order valence-corrected chi connectivity index (χ3v) is 7.71. The van der Waals surface area contributed by atoms with Crippen LogP contribution in [-0.4, -0.2) is 5.54 Å². The molecule has 1 fully saturated rings. The van der Waals surface area contributed by atoms with Crippen molar-refractivity contribution in [1.82, 2.24) is 0 Å². The average molecular weight is 402 g/mol. The van der Waals surface area contributed by atoms with Crippen molar-refractivity contribution in [3.05, 3.63) is 82.9 Å². The maximum atomic E-state index is 6.49. The molecule has 1 saturated carbocycles. The van der Waals surface area contributed by atoms with Gasteiger partial charge in [0.1, 0.15) is 0 Å². The number of halogens is 1. The van der Waals surface area contributed by atoms with E-state index in [0.29, 0.717) is 0 Å². The van der Waals surface area contributed by atoms with Crippen LogP contribution in [0.2, 0.25) is 5.02 Å². The molecule has 29 heavy (non-hydrogen) atoms. The van der Waals surface area contributed by atoms with E-state index in [0.717, 1.165) is 5.02 Å². The van der Waals surface area contributed by atoms with E-state index in [1.54, 1.807) is 0 Å². The van der Waals surface area contributed by atoms with Crippen LogP contribution in [0.15, 0.2) is 66.7 Å². The summed E-state index contributed by atoms with van der Waals surface area (Å²) in [6.07, 6.45) is 5.00. The maximum Gasteiger partial charge on any atom is 0.0517 e. The second kappa shape index (κ2) is 6.64. The molecule has 0 amide bonds. The third-order valence-electron chi connectivity index (χ3n) is 7.50. The summed E-state index contributed by atoms with van der Waals surface area (Å²) in [6.45, 7) is 7.08. The lowest BCUT2D eigenvalue weighted by Crippen LogP contribution is -2.54. The van der Waals surface area contributed by atoms with E-state index in [9.17, 15) is 0 Å². The molecule has 3 aromatic rings. The van der Waals surface area contributed by atoms with Gasteiger partial charge in [0.2, 0.25) is 0 Å². The van der Waals surface area contributed by atoms with Crippen LogP contribution >= 0.6 is 11.6 Å². The van der Waals surface area contributed by atoms with Crippen molar-refractivity contribution in [1.29, 1.82) is 0 Å². The molecule has 1 aliphatic heterocycles. The number of fused-ring (bicyclic) bond motifs is 3. The van der Waals surface area contributed by atoms with Gasteiger partial charge in [0.05, 0.1) is 5.54 Å². The summed E-state index contributed by atoms with van der Waals surface area (Å²) >= 11 is 6.49. The lowest BCUT2D eigenvalue weighted by atomic mass is 9.61. The van der Waals surface area contributed by atoms with E-state index < -0.39 is 0 Å². The molecule has 0 aromatic heterocycles. The second-order valence-electron chi connectivity index (χ2n) is 9.23. The molecular formula is C27H28ClN. The average Bonchev–Trinajstić information content (AvgIpc) is 2.91. The fourth-order valence-corrected chi connectivity index (χ4v) is 6.08. The van der Waals surface area contributed by atoms with E-state index >= 15 is 0 Å². The Morgan fingerprint density at radius 2 is 1.59 bits per heavy atom. The molecule has 2 aliphatic rings. The summed E-state index contributed by atoms with van der Waals surface area (Å²) in [7, 11) is 0. The topological polar surface area (TPSA) is 3.24 Å². The van der Waals surface area contributed by atoms with E-state index in [1.165, 1.54) is 59.3 Å². The van der Waals surface area contributed by atoms with Gasteiger partial charge >= 0.3 is 0 Å². The molecule has 2 atom stereocenters. The van der Waals surface area contributed by atoms with E-state index in [-0.39, 0.29) is 11.0 Å². The lowest BCUT2D eigenvalue weighted by Gasteiger charge is -2.50. The van der Waals surface area contributed by atoms with Crippen LogP contribution in [0.25, 0.3) is 11.1 Å². The molecule has 0 spiro atoms. The fourth-order valence-electron chi connectivity index (χ4n) is 5.80. The monoisotopic (exact) mass is 401 g/mol. The van der Waals surface area contributed by atoms with Crippen LogP contribution in [0.3, 0.4) is 0 Å². The molecular weight excluding hydrogens is 374 g/mol. The molecule has 1 nitrogen and oxygen atoms in total. The van der Waals surface area contributed by atoms with E-state index in [4.69, 9.17) is 11.6 Å². The smallest absolute Gasteiger partial charge is 0.0517 e. The molecule has 148 valence electrons. The summed E-state index contributed by atoms with van der Waals surface area (Å²) in [5.74, 6) is 0. The first-order valence-corrected chi connectivity index (χ1v) is 11.1. The van der Waals surface area contributed by atoms with Crippen LogP contribution in [0.1, 0.15) is 50.7 Å². The lowest BCUT2D eigenvalue weighted by molar-refractivity contribution is 0.195. The Bertz CT molecular complexity index is 1050. The third kappa shape index (κ3) is 2.74. The number of anilines is 2. The Balaban J connectivity index is 1.74. The summed E-state index contributed by atoms with van der Waals surface area (Å²) in [6, 6.07) is 24.3. The summed E-state index contributed by atoms with van der Waals surface area (Å²) in [4.78, 5) is 2.59. The van der Waals surface area contributed by atoms with Crippen LogP contribution < -0.4 is 4.90 Å². The van der Waals surface area contributed by atoms with Crippen molar-refractivity contribution in [3.63, 3.8) is 0 Å². The van der Waals surface area contributed by atoms with Gasteiger partial charge in [0, 0.05) is 21.8 Å². The number of hydrogen-bond donors (Lipinski definition) is 0. The van der Waals surface area contributed by atoms with Gasteiger partial charge in [-0.15, -0.1) is 0 Å². The number of rotatable bonds is 2. The predicted molar refractivity (Wildman–Crippen MR) is 124 cm³/mol. The Hall–Kier alpha value is -2.25. The minimum absolute atomic E-state index is 0.0556. The largest absolute Gasteiger partial charge is 0.334 e. The van der Waals surface area contributed by atoms with Gasteiger partial charge in [-0.05, 0) is 79.3 Å². The number of hydrogen-bond acceptors (Lipinski definition) is 1. The molecule has 2 heteroatoms. The van der Waals surface area contributed by atoms with Gasteiger partial charge in [-0.1, -0.05) is 67.8 Å². The molecule has 3 aromatic carbocycles. The quantitative estimate of drug-likeness (QED) is 0.419. The zero-order chi connectivity index (χ0) is 20.2. The first-order chi connectivity index (χ1) is 13.9. The summed E-state index contributed by atoms with van der Waals surface area (Å²) in [5, 5.41) is 0.815. The summed E-state index contributed by atoms with van der Waals surface area (Å²) in [5.41, 5.74) is 8.04. The van der Waals surface area contributed by atoms with Crippen molar-refractivity contribution in [2.75, 3.05) is 4.90 Å². The minimum Gasteiger partial charge on any atom is -0.334 e. The van der Waals surface area contributed by atoms with Crippen LogP contribution in [0.5, 0.6) is 0 Å². The highest BCUT2D eigenvalue weighted by Crippen LogP contribution is 2.61. The molecule has 2 unspecified atom stereocenters. The van der Waals surface area contributed by atoms with Gasteiger partial charge in [-0.3, -0.25) is 0 Å². The first kappa shape index (κ1) is 18.8. The Morgan fingerprint density at radius 3 is 2.34 bits per heavy atom. The van der Waals surface area contributed by atoms with E-state index in [1.807, 2.05) is 6.07 Å². The Kier molecular flexibility index (Phi) is 4.29. The number of aryl methyl sites for hydroxylation is 1. The molecule has 0 N–H and O–H groups in total. The van der Waals surface area contributed by atoms with Gasteiger partial charge in [-0.25, -0.2) is 0 Å². The highest BCUT2D eigenvalue weighted by atomic mass is 35.5. The molecule has 1 aliphatic carbocycles. The van der Waals surface area contributed by atoms with Crippen molar-refractivity contribution in [3.8, 4) is 11.1 Å². The highest BCUT2D eigenvalue weighted by Gasteiger charge is 2.57. The minimum atomic E-state index is 0.0556.